The molecule has 1 saturated heterocycles. The molecule has 1 atom stereocenters. The van der Waals surface area contributed by atoms with Gasteiger partial charge in [-0.15, -0.1) is 0 Å². The number of rotatable bonds is 11. The Hall–Kier alpha value is -3.01. The maximum absolute atomic E-state index is 13.8. The molecule has 3 aromatic rings. The molecule has 1 N–H and O–H groups in total. The number of ether oxygens (including phenoxy) is 2. The van der Waals surface area contributed by atoms with E-state index in [1.165, 1.54) is 9.21 Å². The maximum atomic E-state index is 13.8. The lowest BCUT2D eigenvalue weighted by atomic mass is 10.1. The van der Waals surface area contributed by atoms with Crippen LogP contribution in [0.25, 0.3) is 10.9 Å². The normalized spacial score (nSPS) is 18.2. The number of oxazole rings is 1. The average molecular weight is 637 g/mol. The number of nitrogens with one attached hydrogen (secondary N) is 1. The highest BCUT2D eigenvalue weighted by atomic mass is 35.5. The third-order valence-corrected chi connectivity index (χ3v) is 9.90. The van der Waals surface area contributed by atoms with Crippen LogP contribution in [0.15, 0.2) is 33.7 Å². The molecule has 43 heavy (non-hydrogen) atoms. The number of benzene rings is 1. The van der Waals surface area contributed by atoms with Gasteiger partial charge >= 0.3 is 5.91 Å². The molecule has 4 heterocycles. The monoisotopic (exact) mass is 636 g/mol. The van der Waals surface area contributed by atoms with Crippen molar-refractivity contribution >= 4 is 44.3 Å². The fraction of sp³-hybridized carbons (Fsp3) is 0.536. The van der Waals surface area contributed by atoms with Crippen molar-refractivity contribution in [2.75, 3.05) is 73.7 Å². The molecule has 5 rings (SSSR count). The van der Waals surface area contributed by atoms with Crippen molar-refractivity contribution < 1.29 is 31.9 Å². The van der Waals surface area contributed by atoms with Crippen molar-refractivity contribution in [2.45, 2.75) is 30.5 Å². The van der Waals surface area contributed by atoms with Crippen LogP contribution < -0.4 is 0 Å². The lowest BCUT2D eigenvalue weighted by Gasteiger charge is -2.40. The van der Waals surface area contributed by atoms with Gasteiger partial charge in [-0.2, -0.15) is 4.31 Å². The highest BCUT2D eigenvalue weighted by Crippen LogP contribution is 2.28. The Kier molecular flexibility index (Phi) is 9.73. The molecular weight excluding hydrogens is 600 g/mol. The Morgan fingerprint density at radius 2 is 1.88 bits per heavy atom. The zero-order chi connectivity index (χ0) is 30.7. The zero-order valence-corrected chi connectivity index (χ0v) is 26.1. The third-order valence-electron chi connectivity index (χ3n) is 7.88. The standard InChI is InChI=1S/C28H37ClN6O7S/c1-32-7-6-23-24(18-32)42-27(31-23)28(37)35-9-8-34(17-21(35)16-26(36)33(10-12-40-2)11-13-41-3)43(38,39)25-15-19-14-20(29)4-5-22(19)30-25/h4-5,14-15,21,30H,6-13,16-18H2,1-3H3. The minimum Gasteiger partial charge on any atom is -0.436 e. The van der Waals surface area contributed by atoms with Gasteiger partial charge in [0.1, 0.15) is 10.8 Å². The molecule has 1 unspecified atom stereocenters. The predicted octanol–water partition coefficient (Wildman–Crippen LogP) is 1.82. The second-order valence-corrected chi connectivity index (χ2v) is 13.2. The van der Waals surface area contributed by atoms with Gasteiger partial charge in [0.05, 0.1) is 31.5 Å². The van der Waals surface area contributed by atoms with E-state index < -0.39 is 22.0 Å². The first kappa shape index (κ1) is 31.4. The summed E-state index contributed by atoms with van der Waals surface area (Å²) in [5, 5.41) is 1.17. The average Bonchev–Trinajstić information content (AvgIpc) is 3.61. The smallest absolute Gasteiger partial charge is 0.310 e. The highest BCUT2D eigenvalue weighted by molar-refractivity contribution is 7.89. The first-order valence-electron chi connectivity index (χ1n) is 14.1. The number of aromatic nitrogens is 2. The van der Waals surface area contributed by atoms with Crippen LogP contribution in [0.5, 0.6) is 0 Å². The Morgan fingerprint density at radius 1 is 1.14 bits per heavy atom. The Morgan fingerprint density at radius 3 is 2.60 bits per heavy atom. The van der Waals surface area contributed by atoms with E-state index in [0.717, 1.165) is 12.2 Å². The van der Waals surface area contributed by atoms with E-state index in [9.17, 15) is 18.0 Å². The molecule has 0 saturated carbocycles. The molecule has 2 aliphatic heterocycles. The number of nitrogens with zero attached hydrogens (tertiary/aromatic N) is 5. The summed E-state index contributed by atoms with van der Waals surface area (Å²) in [7, 11) is 1.08. The van der Waals surface area contributed by atoms with Gasteiger partial charge in [0.25, 0.3) is 15.9 Å². The number of halogens is 1. The number of fused-ring (bicyclic) bond motifs is 2. The van der Waals surface area contributed by atoms with Gasteiger partial charge in [0.2, 0.25) is 5.91 Å². The van der Waals surface area contributed by atoms with Crippen molar-refractivity contribution in [2.24, 2.45) is 0 Å². The molecule has 1 aromatic carbocycles. The van der Waals surface area contributed by atoms with Crippen molar-refractivity contribution in [3.63, 3.8) is 0 Å². The number of carbonyl (C=O) groups is 2. The predicted molar refractivity (Wildman–Crippen MR) is 158 cm³/mol. The molecule has 234 valence electrons. The topological polar surface area (TPSA) is 142 Å². The lowest BCUT2D eigenvalue weighted by Crippen LogP contribution is -2.58. The SMILES string of the molecule is COCCN(CCOC)C(=O)CC1CN(S(=O)(=O)c2cc3cc(Cl)ccc3[nH]2)CCN1C(=O)c1nc2c(o1)CN(C)CC2. The summed E-state index contributed by atoms with van der Waals surface area (Å²) in [6.45, 7) is 2.68. The van der Waals surface area contributed by atoms with Gasteiger partial charge in [-0.25, -0.2) is 13.4 Å². The summed E-state index contributed by atoms with van der Waals surface area (Å²) >= 11 is 6.11. The van der Waals surface area contributed by atoms with Gasteiger partial charge < -0.3 is 28.7 Å². The molecule has 13 nitrogen and oxygen atoms in total. The Balaban J connectivity index is 1.41. The molecule has 0 radical (unpaired) electrons. The van der Waals surface area contributed by atoms with Crippen LogP contribution in [0, 0.1) is 0 Å². The molecular formula is C28H37ClN6O7S. The second kappa shape index (κ2) is 13.3. The number of methoxy groups -OCH3 is 2. The summed E-state index contributed by atoms with van der Waals surface area (Å²) in [6, 6.07) is 5.87. The van der Waals surface area contributed by atoms with Crippen LogP contribution in [0.1, 0.15) is 28.6 Å². The number of aromatic amines is 1. The number of likely N-dealkylation sites (N-methyl/N-ethyl adjacent to an activating group) is 1. The van der Waals surface area contributed by atoms with Crippen molar-refractivity contribution in [1.82, 2.24) is 29.0 Å². The fourth-order valence-corrected chi connectivity index (χ4v) is 7.14. The molecule has 15 heteroatoms. The minimum absolute atomic E-state index is 0.0148. The molecule has 2 aromatic heterocycles. The fourth-order valence-electron chi connectivity index (χ4n) is 5.47. The molecule has 1 fully saturated rings. The molecule has 0 aliphatic carbocycles. The summed E-state index contributed by atoms with van der Waals surface area (Å²) in [5.41, 5.74) is 1.38. The number of hydrogen-bond acceptors (Lipinski definition) is 9. The van der Waals surface area contributed by atoms with E-state index in [0.29, 0.717) is 61.0 Å². The van der Waals surface area contributed by atoms with Crippen LogP contribution in [0.4, 0.5) is 0 Å². The zero-order valence-electron chi connectivity index (χ0n) is 24.5. The first-order chi connectivity index (χ1) is 20.6. The van der Waals surface area contributed by atoms with Crippen molar-refractivity contribution in [1.29, 1.82) is 0 Å². The maximum Gasteiger partial charge on any atom is 0.310 e. The van der Waals surface area contributed by atoms with Crippen molar-refractivity contribution in [3.05, 3.63) is 46.6 Å². The van der Waals surface area contributed by atoms with Crippen LogP contribution in [-0.4, -0.2) is 129 Å². The molecule has 2 aliphatic rings. The highest BCUT2D eigenvalue weighted by Gasteiger charge is 2.40. The van der Waals surface area contributed by atoms with E-state index in [1.807, 2.05) is 7.05 Å². The Labute approximate surface area is 255 Å². The number of amides is 2. The summed E-state index contributed by atoms with van der Waals surface area (Å²) in [5.74, 6) is -0.107. The van der Waals surface area contributed by atoms with Gasteiger partial charge in [0.15, 0.2) is 0 Å². The van der Waals surface area contributed by atoms with Gasteiger partial charge in [-0.3, -0.25) is 14.5 Å². The number of carbonyl (C=O) groups excluding carboxylic acids is 2. The molecule has 0 spiro atoms. The van der Waals surface area contributed by atoms with Gasteiger partial charge in [-0.05, 0) is 31.3 Å². The van der Waals surface area contributed by atoms with E-state index in [4.69, 9.17) is 25.5 Å². The number of H-pyrrole nitrogens is 1. The van der Waals surface area contributed by atoms with Gasteiger partial charge in [-0.1, -0.05) is 11.6 Å². The van der Waals surface area contributed by atoms with Crippen LogP contribution >= 0.6 is 11.6 Å². The minimum atomic E-state index is -3.99. The van der Waals surface area contributed by atoms with E-state index >= 15 is 0 Å². The van der Waals surface area contributed by atoms with E-state index in [-0.39, 0.29) is 42.9 Å². The van der Waals surface area contributed by atoms with E-state index in [2.05, 4.69) is 14.9 Å². The quantitative estimate of drug-likeness (QED) is 0.334. The van der Waals surface area contributed by atoms with E-state index in [1.54, 1.807) is 43.4 Å². The van der Waals surface area contributed by atoms with Crippen LogP contribution in [-0.2, 0) is 37.3 Å². The molecule has 0 bridgehead atoms. The third kappa shape index (κ3) is 6.89. The number of piperazine rings is 1. The van der Waals surface area contributed by atoms with Crippen LogP contribution in [0.3, 0.4) is 0 Å². The summed E-state index contributed by atoms with van der Waals surface area (Å²) < 4.78 is 45.1. The van der Waals surface area contributed by atoms with Crippen molar-refractivity contribution in [3.8, 4) is 0 Å². The summed E-state index contributed by atoms with van der Waals surface area (Å²) in [4.78, 5) is 40.0. The number of hydrogen-bond donors (Lipinski definition) is 1. The second-order valence-electron chi connectivity index (χ2n) is 10.8. The summed E-state index contributed by atoms with van der Waals surface area (Å²) in [6.07, 6.45) is 0.566. The first-order valence-corrected chi connectivity index (χ1v) is 15.9. The lowest BCUT2D eigenvalue weighted by molar-refractivity contribution is -0.134. The van der Waals surface area contributed by atoms with Crippen LogP contribution in [0.2, 0.25) is 5.02 Å². The number of sulfonamides is 1. The Bertz CT molecular complexity index is 1570. The molecule has 2 amide bonds. The largest absolute Gasteiger partial charge is 0.436 e. The van der Waals surface area contributed by atoms with Gasteiger partial charge in [0, 0.05) is 82.3 Å².